The van der Waals surface area contributed by atoms with Crippen LogP contribution in [0.5, 0.6) is 0 Å². The van der Waals surface area contributed by atoms with E-state index >= 15 is 0 Å². The Bertz CT molecular complexity index is 277. The average Bonchev–Trinajstić information content (AvgIpc) is 2.16. The molecule has 0 aliphatic carbocycles. The fraction of sp³-hybridized carbons (Fsp3) is 0.500. The molecular formula is C10H14ClNO. The number of aliphatic hydroxyl groups excluding tert-OH is 1. The van der Waals surface area contributed by atoms with Crippen LogP contribution in [0.15, 0.2) is 18.5 Å². The molecule has 1 rings (SSSR count). The van der Waals surface area contributed by atoms with Gasteiger partial charge >= 0.3 is 0 Å². The lowest BCUT2D eigenvalue weighted by atomic mass is 9.96. The first kappa shape index (κ1) is 10.5. The normalized spacial score (nSPS) is 15.4. The van der Waals surface area contributed by atoms with Gasteiger partial charge in [-0.15, -0.1) is 0 Å². The Morgan fingerprint density at radius 3 is 2.85 bits per heavy atom. The van der Waals surface area contributed by atoms with Crippen LogP contribution in [-0.2, 0) is 0 Å². The van der Waals surface area contributed by atoms with Crippen LogP contribution in [0.3, 0.4) is 0 Å². The summed E-state index contributed by atoms with van der Waals surface area (Å²) < 4.78 is 0. The highest BCUT2D eigenvalue weighted by Gasteiger charge is 2.16. The molecule has 0 saturated heterocycles. The average molecular weight is 200 g/mol. The highest BCUT2D eigenvalue weighted by atomic mass is 35.5. The van der Waals surface area contributed by atoms with E-state index in [0.717, 1.165) is 12.0 Å². The van der Waals surface area contributed by atoms with Crippen LogP contribution in [0.25, 0.3) is 0 Å². The van der Waals surface area contributed by atoms with E-state index in [1.807, 2.05) is 13.8 Å². The van der Waals surface area contributed by atoms with Gasteiger partial charge < -0.3 is 5.11 Å². The summed E-state index contributed by atoms with van der Waals surface area (Å²) in [5.41, 5.74) is 0.769. The molecule has 0 spiro atoms. The van der Waals surface area contributed by atoms with Gasteiger partial charge in [-0.1, -0.05) is 31.9 Å². The molecule has 0 bridgehead atoms. The van der Waals surface area contributed by atoms with Gasteiger partial charge in [-0.25, -0.2) is 0 Å². The lowest BCUT2D eigenvalue weighted by Crippen LogP contribution is -2.08. The van der Waals surface area contributed by atoms with Gasteiger partial charge in [0.05, 0.1) is 11.1 Å². The van der Waals surface area contributed by atoms with Crippen molar-refractivity contribution in [1.82, 2.24) is 4.98 Å². The smallest absolute Gasteiger partial charge is 0.0830 e. The number of aliphatic hydroxyl groups is 1. The SMILES string of the molecule is CCC(C)C(O)c1ccncc1Cl. The Hall–Kier alpha value is -0.600. The summed E-state index contributed by atoms with van der Waals surface area (Å²) in [5.74, 6) is 0.222. The lowest BCUT2D eigenvalue weighted by molar-refractivity contribution is 0.115. The molecule has 72 valence electrons. The van der Waals surface area contributed by atoms with Crippen molar-refractivity contribution in [2.24, 2.45) is 5.92 Å². The second kappa shape index (κ2) is 4.58. The van der Waals surface area contributed by atoms with Crippen LogP contribution in [-0.4, -0.2) is 10.1 Å². The van der Waals surface area contributed by atoms with E-state index in [4.69, 9.17) is 11.6 Å². The molecule has 0 fully saturated rings. The van der Waals surface area contributed by atoms with Crippen LogP contribution in [0.4, 0.5) is 0 Å². The number of hydrogen-bond acceptors (Lipinski definition) is 2. The summed E-state index contributed by atoms with van der Waals surface area (Å²) in [6.07, 6.45) is 3.65. The molecule has 0 aromatic carbocycles. The predicted molar refractivity (Wildman–Crippen MR) is 53.7 cm³/mol. The third-order valence-electron chi connectivity index (χ3n) is 2.31. The highest BCUT2D eigenvalue weighted by molar-refractivity contribution is 6.31. The van der Waals surface area contributed by atoms with Crippen LogP contribution in [0, 0.1) is 5.92 Å². The minimum atomic E-state index is -0.486. The van der Waals surface area contributed by atoms with E-state index in [2.05, 4.69) is 4.98 Å². The maximum atomic E-state index is 9.86. The fourth-order valence-corrected chi connectivity index (χ4v) is 1.39. The summed E-state index contributed by atoms with van der Waals surface area (Å²) in [6.45, 7) is 4.05. The zero-order chi connectivity index (χ0) is 9.84. The molecule has 1 aromatic heterocycles. The third-order valence-corrected chi connectivity index (χ3v) is 2.62. The van der Waals surface area contributed by atoms with E-state index in [0.29, 0.717) is 5.02 Å². The van der Waals surface area contributed by atoms with Crippen molar-refractivity contribution in [3.63, 3.8) is 0 Å². The largest absolute Gasteiger partial charge is 0.388 e. The summed E-state index contributed by atoms with van der Waals surface area (Å²) in [4.78, 5) is 3.87. The van der Waals surface area contributed by atoms with Gasteiger partial charge in [0.1, 0.15) is 0 Å². The molecule has 0 saturated carbocycles. The Balaban J connectivity index is 2.88. The van der Waals surface area contributed by atoms with E-state index in [9.17, 15) is 5.11 Å². The molecule has 3 heteroatoms. The van der Waals surface area contributed by atoms with E-state index in [-0.39, 0.29) is 5.92 Å². The molecule has 13 heavy (non-hydrogen) atoms. The molecule has 2 unspecified atom stereocenters. The van der Waals surface area contributed by atoms with Crippen LogP contribution < -0.4 is 0 Å². The van der Waals surface area contributed by atoms with Crippen molar-refractivity contribution in [3.8, 4) is 0 Å². The molecule has 0 aliphatic heterocycles. The van der Waals surface area contributed by atoms with Gasteiger partial charge in [-0.3, -0.25) is 4.98 Å². The van der Waals surface area contributed by atoms with Crippen molar-refractivity contribution in [3.05, 3.63) is 29.0 Å². The Morgan fingerprint density at radius 1 is 1.62 bits per heavy atom. The van der Waals surface area contributed by atoms with Crippen molar-refractivity contribution in [1.29, 1.82) is 0 Å². The molecular weight excluding hydrogens is 186 g/mol. The Labute approximate surface area is 83.6 Å². The fourth-order valence-electron chi connectivity index (χ4n) is 1.16. The van der Waals surface area contributed by atoms with Crippen molar-refractivity contribution in [2.45, 2.75) is 26.4 Å². The zero-order valence-electron chi connectivity index (χ0n) is 7.87. The second-order valence-corrected chi connectivity index (χ2v) is 3.63. The molecule has 0 radical (unpaired) electrons. The third kappa shape index (κ3) is 2.42. The highest BCUT2D eigenvalue weighted by Crippen LogP contribution is 2.28. The van der Waals surface area contributed by atoms with Crippen molar-refractivity contribution < 1.29 is 5.11 Å². The number of nitrogens with zero attached hydrogens (tertiary/aromatic N) is 1. The van der Waals surface area contributed by atoms with Crippen molar-refractivity contribution >= 4 is 11.6 Å². The lowest BCUT2D eigenvalue weighted by Gasteiger charge is -2.18. The predicted octanol–water partition coefficient (Wildman–Crippen LogP) is 2.81. The van der Waals surface area contributed by atoms with E-state index < -0.39 is 6.10 Å². The standard InChI is InChI=1S/C10H14ClNO/c1-3-7(2)10(13)8-4-5-12-6-9(8)11/h4-7,10,13H,3H2,1-2H3. The topological polar surface area (TPSA) is 33.1 Å². The first-order chi connectivity index (χ1) is 6.16. The monoisotopic (exact) mass is 199 g/mol. The molecule has 1 aromatic rings. The van der Waals surface area contributed by atoms with Crippen LogP contribution >= 0.6 is 11.6 Å². The number of halogens is 1. The number of rotatable bonds is 3. The quantitative estimate of drug-likeness (QED) is 0.812. The molecule has 2 atom stereocenters. The summed E-state index contributed by atoms with van der Waals surface area (Å²) >= 11 is 5.90. The first-order valence-corrected chi connectivity index (χ1v) is 4.82. The molecule has 0 aliphatic rings. The Morgan fingerprint density at radius 2 is 2.31 bits per heavy atom. The van der Waals surface area contributed by atoms with E-state index in [1.54, 1.807) is 18.5 Å². The second-order valence-electron chi connectivity index (χ2n) is 3.23. The van der Waals surface area contributed by atoms with Gasteiger partial charge in [0, 0.05) is 18.0 Å². The number of aromatic nitrogens is 1. The summed E-state index contributed by atoms with van der Waals surface area (Å²) in [7, 11) is 0. The Kier molecular flexibility index (Phi) is 3.70. The minimum Gasteiger partial charge on any atom is -0.388 e. The molecule has 1 heterocycles. The van der Waals surface area contributed by atoms with Gasteiger partial charge in [0.25, 0.3) is 0 Å². The molecule has 2 nitrogen and oxygen atoms in total. The van der Waals surface area contributed by atoms with Gasteiger partial charge in [-0.2, -0.15) is 0 Å². The van der Waals surface area contributed by atoms with Crippen LogP contribution in [0.1, 0.15) is 31.9 Å². The number of hydrogen-bond donors (Lipinski definition) is 1. The minimum absolute atomic E-state index is 0.222. The van der Waals surface area contributed by atoms with Crippen LogP contribution in [0.2, 0.25) is 5.02 Å². The molecule has 1 N–H and O–H groups in total. The van der Waals surface area contributed by atoms with Gasteiger partial charge in [0.15, 0.2) is 0 Å². The summed E-state index contributed by atoms with van der Waals surface area (Å²) in [5, 5.41) is 10.4. The van der Waals surface area contributed by atoms with Gasteiger partial charge in [0.2, 0.25) is 0 Å². The molecule has 0 amide bonds. The van der Waals surface area contributed by atoms with E-state index in [1.165, 1.54) is 0 Å². The van der Waals surface area contributed by atoms with Crippen molar-refractivity contribution in [2.75, 3.05) is 0 Å². The zero-order valence-corrected chi connectivity index (χ0v) is 8.62. The summed E-state index contributed by atoms with van der Waals surface area (Å²) in [6, 6.07) is 1.76. The number of pyridine rings is 1. The first-order valence-electron chi connectivity index (χ1n) is 4.44. The van der Waals surface area contributed by atoms with Gasteiger partial charge in [-0.05, 0) is 12.0 Å². The maximum absolute atomic E-state index is 9.86. The maximum Gasteiger partial charge on any atom is 0.0830 e.